The zero-order valence-corrected chi connectivity index (χ0v) is 11.6. The van der Waals surface area contributed by atoms with Crippen molar-refractivity contribution < 1.29 is 4.92 Å². The maximum absolute atomic E-state index is 10.8. The molecule has 1 aromatic carbocycles. The first-order valence-corrected chi connectivity index (χ1v) is 7.04. The Morgan fingerprint density at radius 1 is 1.24 bits per heavy atom. The number of aryl methyl sites for hydroxylation is 1. The molecule has 0 unspecified atom stereocenters. The molecule has 0 spiro atoms. The predicted molar refractivity (Wildman–Crippen MR) is 79.1 cm³/mol. The molecular weight excluding hydrogens is 268 g/mol. The summed E-state index contributed by atoms with van der Waals surface area (Å²) in [4.78, 5) is 19.0. The van der Waals surface area contributed by atoms with E-state index in [4.69, 9.17) is 0 Å². The number of fused-ring (bicyclic) bond motifs is 1. The molecule has 0 saturated carbocycles. The van der Waals surface area contributed by atoms with Crippen molar-refractivity contribution in [3.05, 3.63) is 57.5 Å². The van der Waals surface area contributed by atoms with Crippen LogP contribution in [0, 0.1) is 10.1 Å². The zero-order chi connectivity index (χ0) is 14.7. The van der Waals surface area contributed by atoms with Crippen molar-refractivity contribution in [3.8, 4) is 0 Å². The summed E-state index contributed by atoms with van der Waals surface area (Å²) in [6.07, 6.45) is 5.91. The van der Waals surface area contributed by atoms with E-state index in [0.29, 0.717) is 6.54 Å². The lowest BCUT2D eigenvalue weighted by Crippen LogP contribution is -2.12. The van der Waals surface area contributed by atoms with Gasteiger partial charge in [-0.2, -0.15) is 0 Å². The molecule has 1 aliphatic rings. The van der Waals surface area contributed by atoms with Gasteiger partial charge in [-0.25, -0.2) is 9.97 Å². The fraction of sp³-hybridized carbons (Fsp3) is 0.333. The van der Waals surface area contributed by atoms with Gasteiger partial charge in [-0.05, 0) is 31.2 Å². The van der Waals surface area contributed by atoms with Gasteiger partial charge in [0.05, 0.1) is 4.92 Å². The molecule has 6 heteroatoms. The molecule has 6 nitrogen and oxygen atoms in total. The minimum absolute atomic E-state index is 0.110. The Balaban J connectivity index is 1.76. The van der Waals surface area contributed by atoms with Gasteiger partial charge in [0.15, 0.2) is 0 Å². The van der Waals surface area contributed by atoms with Gasteiger partial charge in [0, 0.05) is 29.9 Å². The van der Waals surface area contributed by atoms with Crippen molar-refractivity contribution in [2.24, 2.45) is 0 Å². The van der Waals surface area contributed by atoms with Crippen LogP contribution in [0.3, 0.4) is 0 Å². The van der Waals surface area contributed by atoms with Crippen LogP contribution >= 0.6 is 0 Å². The van der Waals surface area contributed by atoms with Crippen molar-refractivity contribution in [3.63, 3.8) is 0 Å². The highest BCUT2D eigenvalue weighted by molar-refractivity contribution is 5.48. The zero-order valence-electron chi connectivity index (χ0n) is 11.6. The number of non-ortho nitro benzene ring substituents is 1. The number of aromatic nitrogens is 2. The molecule has 0 amide bonds. The summed E-state index contributed by atoms with van der Waals surface area (Å²) in [6, 6.07) is 6.65. The summed E-state index contributed by atoms with van der Waals surface area (Å²) in [6.45, 7) is 0.519. The van der Waals surface area contributed by atoms with E-state index < -0.39 is 0 Å². The van der Waals surface area contributed by atoms with Gasteiger partial charge in [0.2, 0.25) is 0 Å². The number of rotatable bonds is 4. The SMILES string of the molecule is O=[N+]([O-])c1cccc(CNc2ncnc3c2CCCC3)c1. The number of hydrogen-bond donors (Lipinski definition) is 1. The molecule has 108 valence electrons. The number of nitro benzene ring substituents is 1. The molecule has 1 heterocycles. The van der Waals surface area contributed by atoms with E-state index in [-0.39, 0.29) is 10.6 Å². The first-order valence-electron chi connectivity index (χ1n) is 7.04. The van der Waals surface area contributed by atoms with E-state index in [2.05, 4.69) is 15.3 Å². The number of hydrogen-bond acceptors (Lipinski definition) is 5. The highest BCUT2D eigenvalue weighted by Crippen LogP contribution is 2.25. The van der Waals surface area contributed by atoms with Crippen LogP contribution in [-0.4, -0.2) is 14.9 Å². The van der Waals surface area contributed by atoms with Crippen LogP contribution in [0.1, 0.15) is 29.7 Å². The summed E-state index contributed by atoms with van der Waals surface area (Å²) in [5.74, 6) is 0.853. The first-order chi connectivity index (χ1) is 10.2. The lowest BCUT2D eigenvalue weighted by Gasteiger charge is -2.18. The fourth-order valence-corrected chi connectivity index (χ4v) is 2.64. The quantitative estimate of drug-likeness (QED) is 0.689. The third-order valence-corrected chi connectivity index (χ3v) is 3.71. The number of nitro groups is 1. The summed E-state index contributed by atoms with van der Waals surface area (Å²) >= 11 is 0. The molecular formula is C15H16N4O2. The summed E-state index contributed by atoms with van der Waals surface area (Å²) < 4.78 is 0. The lowest BCUT2D eigenvalue weighted by molar-refractivity contribution is -0.384. The van der Waals surface area contributed by atoms with E-state index in [1.165, 1.54) is 18.1 Å². The van der Waals surface area contributed by atoms with E-state index in [1.54, 1.807) is 18.5 Å². The second-order valence-corrected chi connectivity index (χ2v) is 5.14. The maximum Gasteiger partial charge on any atom is 0.269 e. The third kappa shape index (κ3) is 2.99. The van der Waals surface area contributed by atoms with E-state index >= 15 is 0 Å². The highest BCUT2D eigenvalue weighted by Gasteiger charge is 2.15. The van der Waals surface area contributed by atoms with Gasteiger partial charge in [-0.1, -0.05) is 12.1 Å². The summed E-state index contributed by atoms with van der Waals surface area (Å²) in [5.41, 5.74) is 3.29. The number of nitrogens with zero attached hydrogens (tertiary/aromatic N) is 3. The van der Waals surface area contributed by atoms with E-state index in [9.17, 15) is 10.1 Å². The fourth-order valence-electron chi connectivity index (χ4n) is 2.64. The Morgan fingerprint density at radius 2 is 2.10 bits per heavy atom. The Labute approximate surface area is 122 Å². The molecule has 0 radical (unpaired) electrons. The average Bonchev–Trinajstić information content (AvgIpc) is 2.53. The smallest absolute Gasteiger partial charge is 0.269 e. The lowest BCUT2D eigenvalue weighted by atomic mass is 9.96. The van der Waals surface area contributed by atoms with Crippen molar-refractivity contribution in [1.82, 2.24) is 9.97 Å². The van der Waals surface area contributed by atoms with Crippen molar-refractivity contribution in [2.45, 2.75) is 32.2 Å². The molecule has 21 heavy (non-hydrogen) atoms. The molecule has 0 atom stereocenters. The van der Waals surface area contributed by atoms with Gasteiger partial charge in [-0.3, -0.25) is 10.1 Å². The summed E-state index contributed by atoms with van der Waals surface area (Å²) in [7, 11) is 0. The molecule has 1 aromatic heterocycles. The van der Waals surface area contributed by atoms with Crippen molar-refractivity contribution >= 4 is 11.5 Å². The highest BCUT2D eigenvalue weighted by atomic mass is 16.6. The molecule has 1 N–H and O–H groups in total. The molecule has 0 saturated heterocycles. The van der Waals surface area contributed by atoms with E-state index in [0.717, 1.165) is 36.3 Å². The van der Waals surface area contributed by atoms with Crippen LogP contribution in [0.25, 0.3) is 0 Å². The summed E-state index contributed by atoms with van der Waals surface area (Å²) in [5, 5.41) is 14.1. The van der Waals surface area contributed by atoms with Crippen LogP contribution in [0.5, 0.6) is 0 Å². The Bertz CT molecular complexity index is 672. The number of anilines is 1. The Kier molecular flexibility index (Phi) is 3.77. The van der Waals surface area contributed by atoms with E-state index in [1.807, 2.05) is 6.07 Å². The molecule has 1 aliphatic carbocycles. The van der Waals surface area contributed by atoms with Crippen molar-refractivity contribution in [2.75, 3.05) is 5.32 Å². The van der Waals surface area contributed by atoms with Gasteiger partial charge in [0.25, 0.3) is 5.69 Å². The normalized spacial score (nSPS) is 13.5. The number of benzene rings is 1. The number of nitrogens with one attached hydrogen (secondary N) is 1. The third-order valence-electron chi connectivity index (χ3n) is 3.71. The topological polar surface area (TPSA) is 81.0 Å². The van der Waals surface area contributed by atoms with Gasteiger partial charge >= 0.3 is 0 Å². The second-order valence-electron chi connectivity index (χ2n) is 5.14. The Morgan fingerprint density at radius 3 is 2.95 bits per heavy atom. The van der Waals surface area contributed by atoms with Gasteiger partial charge in [0.1, 0.15) is 12.1 Å². The monoisotopic (exact) mass is 284 g/mol. The Hall–Kier alpha value is -2.50. The van der Waals surface area contributed by atoms with Gasteiger partial charge < -0.3 is 5.32 Å². The van der Waals surface area contributed by atoms with Crippen LogP contribution in [0.4, 0.5) is 11.5 Å². The second kappa shape index (κ2) is 5.87. The molecule has 0 aliphatic heterocycles. The molecule has 3 rings (SSSR count). The standard InChI is InChI=1S/C15H16N4O2/c20-19(21)12-5-3-4-11(8-12)9-16-15-13-6-1-2-7-14(13)17-10-18-15/h3-5,8,10H,1-2,6-7,9H2,(H,16,17,18). The first kappa shape index (κ1) is 13.5. The van der Waals surface area contributed by atoms with Gasteiger partial charge in [-0.15, -0.1) is 0 Å². The minimum Gasteiger partial charge on any atom is -0.366 e. The molecule has 0 bridgehead atoms. The largest absolute Gasteiger partial charge is 0.366 e. The van der Waals surface area contributed by atoms with Crippen LogP contribution in [0.15, 0.2) is 30.6 Å². The molecule has 0 fully saturated rings. The maximum atomic E-state index is 10.8. The van der Waals surface area contributed by atoms with Crippen molar-refractivity contribution in [1.29, 1.82) is 0 Å². The predicted octanol–water partition coefficient (Wildman–Crippen LogP) is 2.88. The molecule has 2 aromatic rings. The minimum atomic E-state index is -0.379. The van der Waals surface area contributed by atoms with Crippen LogP contribution in [-0.2, 0) is 19.4 Å². The average molecular weight is 284 g/mol. The van der Waals surface area contributed by atoms with Crippen LogP contribution in [0.2, 0.25) is 0 Å². The van der Waals surface area contributed by atoms with Crippen LogP contribution < -0.4 is 5.32 Å².